The highest BCUT2D eigenvalue weighted by Gasteiger charge is 2.35. The Morgan fingerprint density at radius 1 is 1.00 bits per heavy atom. The van der Waals surface area contributed by atoms with Crippen molar-refractivity contribution >= 4 is 39.9 Å². The number of fused-ring (bicyclic) bond motifs is 2. The molecule has 0 radical (unpaired) electrons. The van der Waals surface area contributed by atoms with Crippen LogP contribution in [-0.2, 0) is 11.9 Å². The largest absolute Gasteiger partial charge is 0.451 e. The molecule has 0 unspecified atom stereocenters. The standard InChI is InChI=1S/C17H10ClF3N4S/c18-10-5-6-14-22-11(8-25(14)7-10)9-26-15-12-3-1-2-4-13(12)23-16(24-15)17(19,20)21/h1-8H,9H2. The highest BCUT2D eigenvalue weighted by atomic mass is 35.5. The molecule has 0 N–H and O–H groups in total. The second-order valence-corrected chi connectivity index (χ2v) is 6.90. The topological polar surface area (TPSA) is 43.1 Å². The number of benzene rings is 1. The Hall–Kier alpha value is -2.32. The first-order chi connectivity index (χ1) is 12.4. The number of halogens is 4. The number of para-hydroxylation sites is 1. The molecule has 0 saturated carbocycles. The molecule has 0 aliphatic rings. The van der Waals surface area contributed by atoms with E-state index in [2.05, 4.69) is 15.0 Å². The fourth-order valence-corrected chi connectivity index (χ4v) is 3.58. The maximum absolute atomic E-state index is 13.1. The Morgan fingerprint density at radius 3 is 2.62 bits per heavy atom. The van der Waals surface area contributed by atoms with Gasteiger partial charge in [-0.3, -0.25) is 0 Å². The summed E-state index contributed by atoms with van der Waals surface area (Å²) in [6.07, 6.45) is -1.08. The number of pyridine rings is 1. The molecule has 4 nitrogen and oxygen atoms in total. The third kappa shape index (κ3) is 3.34. The predicted molar refractivity (Wildman–Crippen MR) is 94.3 cm³/mol. The summed E-state index contributed by atoms with van der Waals surface area (Å²) in [4.78, 5) is 11.8. The van der Waals surface area contributed by atoms with Gasteiger partial charge in [-0.05, 0) is 18.2 Å². The summed E-state index contributed by atoms with van der Waals surface area (Å²) in [6.45, 7) is 0. The Kier molecular flexibility index (Phi) is 4.24. The van der Waals surface area contributed by atoms with Gasteiger partial charge < -0.3 is 4.40 Å². The molecule has 3 aromatic heterocycles. The van der Waals surface area contributed by atoms with E-state index in [4.69, 9.17) is 11.6 Å². The van der Waals surface area contributed by atoms with Crippen LogP contribution in [-0.4, -0.2) is 19.4 Å². The van der Waals surface area contributed by atoms with Crippen molar-refractivity contribution in [2.24, 2.45) is 0 Å². The highest BCUT2D eigenvalue weighted by molar-refractivity contribution is 7.98. The van der Waals surface area contributed by atoms with Crippen LogP contribution in [0.25, 0.3) is 16.6 Å². The van der Waals surface area contributed by atoms with E-state index in [0.29, 0.717) is 27.5 Å². The van der Waals surface area contributed by atoms with Gasteiger partial charge >= 0.3 is 6.18 Å². The molecule has 0 aliphatic carbocycles. The summed E-state index contributed by atoms with van der Waals surface area (Å²) in [7, 11) is 0. The Balaban J connectivity index is 1.69. The van der Waals surface area contributed by atoms with Crippen LogP contribution in [0.3, 0.4) is 0 Å². The minimum absolute atomic E-state index is 0.263. The van der Waals surface area contributed by atoms with Crippen LogP contribution >= 0.6 is 23.4 Å². The summed E-state index contributed by atoms with van der Waals surface area (Å²) < 4.78 is 41.0. The molecular weight excluding hydrogens is 385 g/mol. The fourth-order valence-electron chi connectivity index (χ4n) is 2.51. The number of rotatable bonds is 3. The minimum Gasteiger partial charge on any atom is -0.305 e. The van der Waals surface area contributed by atoms with Crippen molar-refractivity contribution < 1.29 is 13.2 Å². The molecule has 4 aromatic rings. The second kappa shape index (κ2) is 6.44. The molecule has 0 spiro atoms. The van der Waals surface area contributed by atoms with E-state index in [9.17, 15) is 13.2 Å². The van der Waals surface area contributed by atoms with Gasteiger partial charge in [0.2, 0.25) is 5.82 Å². The molecule has 1 aromatic carbocycles. The van der Waals surface area contributed by atoms with E-state index in [-0.39, 0.29) is 10.5 Å². The summed E-state index contributed by atoms with van der Waals surface area (Å²) >= 11 is 7.14. The normalized spacial score (nSPS) is 12.2. The maximum Gasteiger partial charge on any atom is 0.451 e. The quantitative estimate of drug-likeness (QED) is 0.352. The van der Waals surface area contributed by atoms with Gasteiger partial charge in [-0.2, -0.15) is 13.2 Å². The first-order valence-electron chi connectivity index (χ1n) is 7.50. The summed E-state index contributed by atoms with van der Waals surface area (Å²) in [5.74, 6) is -0.766. The molecule has 0 bridgehead atoms. The van der Waals surface area contributed by atoms with Crippen molar-refractivity contribution in [1.82, 2.24) is 19.4 Å². The van der Waals surface area contributed by atoms with Gasteiger partial charge in [0, 0.05) is 23.5 Å². The molecule has 26 heavy (non-hydrogen) atoms. The van der Waals surface area contributed by atoms with E-state index in [1.165, 1.54) is 11.8 Å². The molecule has 9 heteroatoms. The maximum atomic E-state index is 13.1. The van der Waals surface area contributed by atoms with Gasteiger partial charge in [0.15, 0.2) is 0 Å². The lowest BCUT2D eigenvalue weighted by atomic mass is 10.2. The molecule has 0 aliphatic heterocycles. The van der Waals surface area contributed by atoms with Gasteiger partial charge in [-0.1, -0.05) is 41.6 Å². The van der Waals surface area contributed by atoms with Crippen molar-refractivity contribution in [3.63, 3.8) is 0 Å². The van der Waals surface area contributed by atoms with Crippen molar-refractivity contribution in [1.29, 1.82) is 0 Å². The minimum atomic E-state index is -4.60. The SMILES string of the molecule is FC(F)(F)c1nc(SCc2cn3cc(Cl)ccc3n2)c2ccccc2n1. The van der Waals surface area contributed by atoms with Crippen LogP contribution in [0.2, 0.25) is 5.02 Å². The van der Waals surface area contributed by atoms with E-state index >= 15 is 0 Å². The van der Waals surface area contributed by atoms with Crippen molar-refractivity contribution in [3.05, 3.63) is 65.3 Å². The van der Waals surface area contributed by atoms with Crippen LogP contribution < -0.4 is 0 Å². The van der Waals surface area contributed by atoms with Crippen LogP contribution in [0.15, 0.2) is 53.8 Å². The zero-order valence-electron chi connectivity index (χ0n) is 13.0. The Bertz CT molecular complexity index is 1110. The smallest absolute Gasteiger partial charge is 0.305 e. The number of nitrogens with zero attached hydrogens (tertiary/aromatic N) is 4. The van der Waals surface area contributed by atoms with Gasteiger partial charge in [-0.25, -0.2) is 15.0 Å². The number of alkyl halides is 3. The third-order valence-electron chi connectivity index (χ3n) is 3.64. The Labute approximate surface area is 155 Å². The molecular formula is C17H10ClF3N4S. The van der Waals surface area contributed by atoms with Crippen molar-refractivity contribution in [2.75, 3.05) is 0 Å². The second-order valence-electron chi connectivity index (χ2n) is 5.50. The van der Waals surface area contributed by atoms with Gasteiger partial charge in [-0.15, -0.1) is 0 Å². The van der Waals surface area contributed by atoms with Crippen LogP contribution in [0.1, 0.15) is 11.5 Å². The number of thioether (sulfide) groups is 1. The zero-order valence-corrected chi connectivity index (χ0v) is 14.6. The third-order valence-corrected chi connectivity index (χ3v) is 4.89. The first kappa shape index (κ1) is 17.1. The van der Waals surface area contributed by atoms with E-state index in [1.54, 1.807) is 53.2 Å². The van der Waals surface area contributed by atoms with Crippen molar-refractivity contribution in [3.8, 4) is 0 Å². The lowest BCUT2D eigenvalue weighted by Gasteiger charge is -2.09. The monoisotopic (exact) mass is 394 g/mol. The lowest BCUT2D eigenvalue weighted by Crippen LogP contribution is -2.11. The van der Waals surface area contributed by atoms with E-state index in [0.717, 1.165) is 0 Å². The number of hydrogen-bond acceptors (Lipinski definition) is 4. The van der Waals surface area contributed by atoms with Crippen LogP contribution in [0.5, 0.6) is 0 Å². The number of imidazole rings is 1. The van der Waals surface area contributed by atoms with E-state index < -0.39 is 12.0 Å². The fraction of sp³-hybridized carbons (Fsp3) is 0.118. The molecule has 0 atom stereocenters. The van der Waals surface area contributed by atoms with E-state index in [1.807, 2.05) is 0 Å². The van der Waals surface area contributed by atoms with Crippen molar-refractivity contribution in [2.45, 2.75) is 17.0 Å². The summed E-state index contributed by atoms with van der Waals surface area (Å²) in [6, 6.07) is 10.2. The molecule has 0 amide bonds. The Morgan fingerprint density at radius 2 is 1.81 bits per heavy atom. The first-order valence-corrected chi connectivity index (χ1v) is 8.86. The van der Waals surface area contributed by atoms with Gasteiger partial charge in [0.05, 0.1) is 16.2 Å². The molecule has 132 valence electrons. The van der Waals surface area contributed by atoms with Crippen LogP contribution in [0, 0.1) is 0 Å². The summed E-state index contributed by atoms with van der Waals surface area (Å²) in [5, 5.41) is 1.43. The number of aromatic nitrogens is 4. The van der Waals surface area contributed by atoms with Crippen LogP contribution in [0.4, 0.5) is 13.2 Å². The van der Waals surface area contributed by atoms with Gasteiger partial charge in [0.25, 0.3) is 0 Å². The number of hydrogen-bond donors (Lipinski definition) is 0. The molecule has 3 heterocycles. The predicted octanol–water partition coefficient (Wildman–Crippen LogP) is 5.24. The average molecular weight is 395 g/mol. The average Bonchev–Trinajstić information content (AvgIpc) is 3.00. The molecule has 0 fully saturated rings. The van der Waals surface area contributed by atoms with Gasteiger partial charge in [0.1, 0.15) is 10.7 Å². The lowest BCUT2D eigenvalue weighted by molar-refractivity contribution is -0.145. The summed E-state index contributed by atoms with van der Waals surface area (Å²) in [5.41, 5.74) is 1.70. The molecule has 4 rings (SSSR count). The molecule has 0 saturated heterocycles. The highest BCUT2D eigenvalue weighted by Crippen LogP contribution is 2.33. The zero-order chi connectivity index (χ0) is 18.3.